The second kappa shape index (κ2) is 10.5. The van der Waals surface area contributed by atoms with Gasteiger partial charge in [-0.1, -0.05) is 67.6 Å². The Morgan fingerprint density at radius 2 is 1.73 bits per heavy atom. The van der Waals surface area contributed by atoms with Crippen molar-refractivity contribution in [1.29, 1.82) is 0 Å². The summed E-state index contributed by atoms with van der Waals surface area (Å²) >= 11 is 1.26. The van der Waals surface area contributed by atoms with Crippen LogP contribution in [0, 0.1) is 6.92 Å². The SMILES string of the molecule is CCCCc1ccc(NC(=O)CSc2nc3ccccc3c(=O)n2-c2ccccc2C)cc1. The van der Waals surface area contributed by atoms with Crippen molar-refractivity contribution in [2.24, 2.45) is 0 Å². The molecule has 5 nitrogen and oxygen atoms in total. The largest absolute Gasteiger partial charge is 0.325 e. The lowest BCUT2D eigenvalue weighted by Gasteiger charge is -2.15. The van der Waals surface area contributed by atoms with Crippen LogP contribution in [0.3, 0.4) is 0 Å². The number of para-hydroxylation sites is 2. The Bertz CT molecular complexity index is 1330. The number of hydrogen-bond donors (Lipinski definition) is 1. The van der Waals surface area contributed by atoms with E-state index in [0.717, 1.165) is 36.2 Å². The van der Waals surface area contributed by atoms with E-state index < -0.39 is 0 Å². The molecule has 0 aliphatic carbocycles. The first-order valence-electron chi connectivity index (χ1n) is 11.2. The molecule has 0 radical (unpaired) electrons. The van der Waals surface area contributed by atoms with Crippen molar-refractivity contribution in [3.05, 3.63) is 94.3 Å². The lowest BCUT2D eigenvalue weighted by Crippen LogP contribution is -2.23. The fourth-order valence-electron chi connectivity index (χ4n) is 3.70. The third kappa shape index (κ3) is 5.34. The van der Waals surface area contributed by atoms with Gasteiger partial charge in [0.2, 0.25) is 5.91 Å². The number of anilines is 1. The first kappa shape index (κ1) is 22.8. The Labute approximate surface area is 197 Å². The van der Waals surface area contributed by atoms with E-state index in [2.05, 4.69) is 24.4 Å². The number of hydrogen-bond acceptors (Lipinski definition) is 4. The zero-order chi connectivity index (χ0) is 23.2. The highest BCUT2D eigenvalue weighted by molar-refractivity contribution is 7.99. The topological polar surface area (TPSA) is 64.0 Å². The molecule has 1 N–H and O–H groups in total. The fourth-order valence-corrected chi connectivity index (χ4v) is 4.50. The van der Waals surface area contributed by atoms with E-state index in [-0.39, 0.29) is 17.2 Å². The van der Waals surface area contributed by atoms with Crippen molar-refractivity contribution in [2.75, 3.05) is 11.1 Å². The number of nitrogens with one attached hydrogen (secondary N) is 1. The fraction of sp³-hybridized carbons (Fsp3) is 0.222. The normalized spacial score (nSPS) is 11.0. The van der Waals surface area contributed by atoms with Crippen LogP contribution in [0.1, 0.15) is 30.9 Å². The van der Waals surface area contributed by atoms with E-state index in [1.807, 2.05) is 61.5 Å². The first-order chi connectivity index (χ1) is 16.1. The Hall–Kier alpha value is -3.38. The van der Waals surface area contributed by atoms with Crippen LogP contribution in [0.4, 0.5) is 5.69 Å². The van der Waals surface area contributed by atoms with Crippen LogP contribution in [0.5, 0.6) is 0 Å². The van der Waals surface area contributed by atoms with Crippen molar-refractivity contribution in [2.45, 2.75) is 38.3 Å². The number of fused-ring (bicyclic) bond motifs is 1. The van der Waals surface area contributed by atoms with Crippen molar-refractivity contribution in [3.63, 3.8) is 0 Å². The molecule has 0 aliphatic heterocycles. The van der Waals surface area contributed by atoms with E-state index in [1.165, 1.54) is 17.3 Å². The molecular formula is C27H27N3O2S. The second-order valence-corrected chi connectivity index (χ2v) is 8.92. The Morgan fingerprint density at radius 3 is 2.48 bits per heavy atom. The molecule has 0 saturated carbocycles. The van der Waals surface area contributed by atoms with E-state index in [0.29, 0.717) is 16.1 Å². The van der Waals surface area contributed by atoms with Crippen molar-refractivity contribution in [1.82, 2.24) is 9.55 Å². The monoisotopic (exact) mass is 457 g/mol. The van der Waals surface area contributed by atoms with Gasteiger partial charge in [-0.2, -0.15) is 0 Å². The Morgan fingerprint density at radius 1 is 1.00 bits per heavy atom. The van der Waals surface area contributed by atoms with Crippen LogP contribution in [-0.4, -0.2) is 21.2 Å². The van der Waals surface area contributed by atoms with Gasteiger partial charge in [0.25, 0.3) is 5.56 Å². The number of benzene rings is 3. The number of aromatic nitrogens is 2. The maximum Gasteiger partial charge on any atom is 0.266 e. The molecule has 0 saturated heterocycles. The molecule has 4 rings (SSSR count). The molecule has 0 spiro atoms. The summed E-state index contributed by atoms with van der Waals surface area (Å²) in [6.45, 7) is 4.14. The third-order valence-corrected chi connectivity index (χ3v) is 6.43. The van der Waals surface area contributed by atoms with Crippen LogP contribution in [0.25, 0.3) is 16.6 Å². The number of rotatable bonds is 8. The summed E-state index contributed by atoms with van der Waals surface area (Å²) in [6.07, 6.45) is 3.36. The molecule has 0 fully saturated rings. The highest BCUT2D eigenvalue weighted by Gasteiger charge is 2.16. The molecule has 1 amide bonds. The van der Waals surface area contributed by atoms with E-state index >= 15 is 0 Å². The van der Waals surface area contributed by atoms with Crippen LogP contribution in [0.2, 0.25) is 0 Å². The molecule has 168 valence electrons. The average Bonchev–Trinajstić information content (AvgIpc) is 2.83. The minimum absolute atomic E-state index is 0.138. The maximum atomic E-state index is 13.4. The minimum Gasteiger partial charge on any atom is -0.325 e. The molecule has 1 aromatic heterocycles. The summed E-state index contributed by atoms with van der Waals surface area (Å²) in [5.74, 6) is 0.00823. The standard InChI is InChI=1S/C27H27N3O2S/c1-3-4-10-20-14-16-21(17-15-20)28-25(31)18-33-27-29-23-12-7-6-11-22(23)26(32)30(27)24-13-8-5-9-19(24)2/h5-9,11-17H,3-4,10,18H2,1-2H3,(H,28,31). The highest BCUT2D eigenvalue weighted by Crippen LogP contribution is 2.23. The molecule has 33 heavy (non-hydrogen) atoms. The van der Waals surface area contributed by atoms with Crippen LogP contribution in [0.15, 0.2) is 82.7 Å². The molecule has 0 bridgehead atoms. The number of aryl methyl sites for hydroxylation is 2. The van der Waals surface area contributed by atoms with Gasteiger partial charge in [0.05, 0.1) is 22.3 Å². The van der Waals surface area contributed by atoms with Gasteiger partial charge in [-0.15, -0.1) is 0 Å². The summed E-state index contributed by atoms with van der Waals surface area (Å²) in [7, 11) is 0. The molecule has 6 heteroatoms. The Balaban J connectivity index is 1.57. The summed E-state index contributed by atoms with van der Waals surface area (Å²) < 4.78 is 1.61. The molecule has 3 aromatic carbocycles. The predicted molar refractivity (Wildman–Crippen MR) is 136 cm³/mol. The summed E-state index contributed by atoms with van der Waals surface area (Å²) in [5.41, 5.74) is 4.26. The molecule has 1 heterocycles. The number of amides is 1. The predicted octanol–water partition coefficient (Wildman–Crippen LogP) is 5.77. The average molecular weight is 458 g/mol. The van der Waals surface area contributed by atoms with Crippen molar-refractivity contribution >= 4 is 34.3 Å². The highest BCUT2D eigenvalue weighted by atomic mass is 32.2. The second-order valence-electron chi connectivity index (χ2n) is 7.98. The smallest absolute Gasteiger partial charge is 0.266 e. The number of thioether (sulfide) groups is 1. The Kier molecular flexibility index (Phi) is 7.25. The number of carbonyl (C=O) groups excluding carboxylic acids is 1. The maximum absolute atomic E-state index is 13.4. The van der Waals surface area contributed by atoms with E-state index in [9.17, 15) is 9.59 Å². The lowest BCUT2D eigenvalue weighted by molar-refractivity contribution is -0.113. The number of unbranched alkanes of at least 4 members (excludes halogenated alkanes) is 1. The van der Waals surface area contributed by atoms with Gasteiger partial charge in [0, 0.05) is 5.69 Å². The van der Waals surface area contributed by atoms with Crippen LogP contribution in [-0.2, 0) is 11.2 Å². The minimum atomic E-state index is -0.139. The number of nitrogens with zero attached hydrogens (tertiary/aromatic N) is 2. The molecule has 4 aromatic rings. The van der Waals surface area contributed by atoms with Gasteiger partial charge >= 0.3 is 0 Å². The lowest BCUT2D eigenvalue weighted by atomic mass is 10.1. The third-order valence-electron chi connectivity index (χ3n) is 5.49. The van der Waals surface area contributed by atoms with Gasteiger partial charge in [-0.25, -0.2) is 4.98 Å². The molecule has 0 unspecified atom stereocenters. The van der Waals surface area contributed by atoms with Crippen LogP contribution >= 0.6 is 11.8 Å². The molecule has 0 aliphatic rings. The molecular weight excluding hydrogens is 430 g/mol. The zero-order valence-corrected chi connectivity index (χ0v) is 19.7. The van der Waals surface area contributed by atoms with Crippen molar-refractivity contribution in [3.8, 4) is 5.69 Å². The summed E-state index contributed by atoms with van der Waals surface area (Å²) in [6, 6.07) is 23.0. The zero-order valence-electron chi connectivity index (χ0n) is 18.9. The quantitative estimate of drug-likeness (QED) is 0.270. The van der Waals surface area contributed by atoms with Crippen molar-refractivity contribution < 1.29 is 4.79 Å². The van der Waals surface area contributed by atoms with E-state index in [4.69, 9.17) is 4.98 Å². The first-order valence-corrected chi connectivity index (χ1v) is 12.1. The van der Waals surface area contributed by atoms with Gasteiger partial charge in [0.15, 0.2) is 5.16 Å². The van der Waals surface area contributed by atoms with Gasteiger partial charge in [-0.3, -0.25) is 14.2 Å². The van der Waals surface area contributed by atoms with Crippen LogP contribution < -0.4 is 10.9 Å². The van der Waals surface area contributed by atoms with Gasteiger partial charge < -0.3 is 5.32 Å². The van der Waals surface area contributed by atoms with Gasteiger partial charge in [-0.05, 0) is 61.2 Å². The van der Waals surface area contributed by atoms with E-state index in [1.54, 1.807) is 10.6 Å². The molecule has 0 atom stereocenters. The summed E-state index contributed by atoms with van der Waals surface area (Å²) in [4.78, 5) is 30.7. The van der Waals surface area contributed by atoms with Gasteiger partial charge in [0.1, 0.15) is 0 Å². The summed E-state index contributed by atoms with van der Waals surface area (Å²) in [5, 5.41) is 3.99. The number of carbonyl (C=O) groups is 1.